The van der Waals surface area contributed by atoms with Gasteiger partial charge in [0.15, 0.2) is 0 Å². The van der Waals surface area contributed by atoms with Crippen LogP contribution in [0.25, 0.3) is 0 Å². The van der Waals surface area contributed by atoms with E-state index in [4.69, 9.17) is 0 Å². The van der Waals surface area contributed by atoms with Crippen LogP contribution in [-0.4, -0.2) is 45.7 Å². The molecule has 2 amide bonds. The number of rotatable bonds is 6. The van der Waals surface area contributed by atoms with Gasteiger partial charge in [0.05, 0.1) is 6.33 Å². The Bertz CT molecular complexity index is 643. The molecule has 0 aliphatic carbocycles. The number of amides is 2. The van der Waals surface area contributed by atoms with Crippen molar-refractivity contribution in [3.8, 4) is 0 Å². The molecule has 0 spiro atoms. The molecular weight excluding hydrogens is 314 g/mol. The number of carbonyl (C=O) groups excluding carboxylic acids is 1. The minimum Gasteiger partial charge on any atom is -0.336 e. The van der Waals surface area contributed by atoms with Gasteiger partial charge >= 0.3 is 6.03 Å². The number of nitrogens with one attached hydrogen (secondary N) is 2. The lowest BCUT2D eigenvalue weighted by atomic mass is 9.97. The zero-order chi connectivity index (χ0) is 17.5. The fourth-order valence-electron chi connectivity index (χ4n) is 3.36. The predicted octanol–water partition coefficient (Wildman–Crippen LogP) is 2.24. The third kappa shape index (κ3) is 5.32. The summed E-state index contributed by atoms with van der Waals surface area (Å²) < 4.78 is 1.95. The molecule has 1 fully saturated rings. The predicted molar refractivity (Wildman–Crippen MR) is 98.1 cm³/mol. The van der Waals surface area contributed by atoms with Crippen LogP contribution >= 0.6 is 0 Å². The van der Waals surface area contributed by atoms with E-state index in [2.05, 4.69) is 57.8 Å². The van der Waals surface area contributed by atoms with Gasteiger partial charge in [-0.3, -0.25) is 4.90 Å². The molecule has 1 aromatic heterocycles. The number of hydrogen-bond acceptors (Lipinski definition) is 3. The van der Waals surface area contributed by atoms with E-state index in [0.29, 0.717) is 12.6 Å². The second-order valence-electron chi connectivity index (χ2n) is 6.73. The van der Waals surface area contributed by atoms with Gasteiger partial charge in [0.1, 0.15) is 0 Å². The van der Waals surface area contributed by atoms with Crippen molar-refractivity contribution in [1.82, 2.24) is 25.1 Å². The highest BCUT2D eigenvalue weighted by molar-refractivity contribution is 5.74. The van der Waals surface area contributed by atoms with Crippen LogP contribution in [0.4, 0.5) is 4.79 Å². The largest absolute Gasteiger partial charge is 0.336 e. The molecule has 3 rings (SSSR count). The number of piperidine rings is 1. The van der Waals surface area contributed by atoms with Crippen molar-refractivity contribution in [1.29, 1.82) is 0 Å². The molecule has 1 aromatic carbocycles. The Kier molecular flexibility index (Phi) is 6.06. The molecule has 0 saturated carbocycles. The first-order valence-corrected chi connectivity index (χ1v) is 8.99. The third-order valence-corrected chi connectivity index (χ3v) is 4.79. The first-order chi connectivity index (χ1) is 12.2. The van der Waals surface area contributed by atoms with Crippen LogP contribution in [0.3, 0.4) is 0 Å². The minimum atomic E-state index is -0.0752. The molecule has 2 atom stereocenters. The van der Waals surface area contributed by atoms with Crippen LogP contribution in [0.2, 0.25) is 0 Å². The molecule has 2 unspecified atom stereocenters. The highest BCUT2D eigenvalue weighted by Gasteiger charge is 2.26. The summed E-state index contributed by atoms with van der Waals surface area (Å²) in [4.78, 5) is 18.5. The summed E-state index contributed by atoms with van der Waals surface area (Å²) >= 11 is 0. The van der Waals surface area contributed by atoms with Gasteiger partial charge in [-0.2, -0.15) is 0 Å². The molecule has 2 N–H and O–H groups in total. The van der Waals surface area contributed by atoms with Crippen molar-refractivity contribution in [3.63, 3.8) is 0 Å². The molecule has 0 radical (unpaired) electrons. The van der Waals surface area contributed by atoms with Gasteiger partial charge in [0, 0.05) is 50.7 Å². The van der Waals surface area contributed by atoms with Crippen LogP contribution < -0.4 is 10.6 Å². The number of carbonyl (C=O) groups is 1. The Hall–Kier alpha value is -2.34. The van der Waals surface area contributed by atoms with Gasteiger partial charge in [0.25, 0.3) is 0 Å². The molecule has 1 saturated heterocycles. The molecule has 1 aliphatic heterocycles. The van der Waals surface area contributed by atoms with Crippen molar-refractivity contribution in [2.24, 2.45) is 0 Å². The normalized spacial score (nSPS) is 21.0. The number of likely N-dealkylation sites (tertiary alicyclic amines) is 1. The van der Waals surface area contributed by atoms with Crippen molar-refractivity contribution in [2.45, 2.75) is 44.9 Å². The SMILES string of the molecule is CC1CC(NC(=O)NCCn2ccnc2)CCN1Cc1ccccc1. The Morgan fingerprint density at radius 1 is 1.32 bits per heavy atom. The van der Waals surface area contributed by atoms with Crippen LogP contribution in [-0.2, 0) is 13.1 Å². The van der Waals surface area contributed by atoms with Gasteiger partial charge < -0.3 is 15.2 Å². The molecule has 0 bridgehead atoms. The Morgan fingerprint density at radius 3 is 2.88 bits per heavy atom. The summed E-state index contributed by atoms with van der Waals surface area (Å²) in [5, 5.41) is 6.03. The monoisotopic (exact) mass is 341 g/mol. The number of aromatic nitrogens is 2. The average Bonchev–Trinajstić information content (AvgIpc) is 3.12. The van der Waals surface area contributed by atoms with E-state index in [1.165, 1.54) is 5.56 Å². The second-order valence-corrected chi connectivity index (χ2v) is 6.73. The number of benzene rings is 1. The van der Waals surface area contributed by atoms with Crippen LogP contribution in [0.15, 0.2) is 49.1 Å². The van der Waals surface area contributed by atoms with Crippen molar-refractivity contribution in [3.05, 3.63) is 54.6 Å². The van der Waals surface area contributed by atoms with E-state index in [-0.39, 0.29) is 12.1 Å². The summed E-state index contributed by atoms with van der Waals surface area (Å²) in [6.45, 7) is 5.57. The molecule has 6 nitrogen and oxygen atoms in total. The fraction of sp³-hybridized carbons (Fsp3) is 0.474. The maximum absolute atomic E-state index is 12.1. The number of imidazole rings is 1. The van der Waals surface area contributed by atoms with E-state index in [9.17, 15) is 4.79 Å². The summed E-state index contributed by atoms with van der Waals surface area (Å²) in [5.41, 5.74) is 1.35. The van der Waals surface area contributed by atoms with Crippen molar-refractivity contribution in [2.75, 3.05) is 13.1 Å². The van der Waals surface area contributed by atoms with E-state index >= 15 is 0 Å². The lowest BCUT2D eigenvalue weighted by Crippen LogP contribution is -2.51. The zero-order valence-electron chi connectivity index (χ0n) is 14.8. The number of urea groups is 1. The van der Waals surface area contributed by atoms with E-state index in [1.54, 1.807) is 12.5 Å². The summed E-state index contributed by atoms with van der Waals surface area (Å²) in [6, 6.07) is 11.2. The summed E-state index contributed by atoms with van der Waals surface area (Å²) in [6.07, 6.45) is 7.37. The minimum absolute atomic E-state index is 0.0752. The van der Waals surface area contributed by atoms with Crippen molar-refractivity contribution < 1.29 is 4.79 Å². The molecule has 1 aliphatic rings. The van der Waals surface area contributed by atoms with E-state index in [1.807, 2.05) is 10.8 Å². The van der Waals surface area contributed by atoms with Crippen LogP contribution in [0.1, 0.15) is 25.3 Å². The highest BCUT2D eigenvalue weighted by Crippen LogP contribution is 2.19. The average molecular weight is 341 g/mol. The van der Waals surface area contributed by atoms with Gasteiger partial charge in [-0.05, 0) is 25.3 Å². The Morgan fingerprint density at radius 2 is 2.16 bits per heavy atom. The first-order valence-electron chi connectivity index (χ1n) is 8.99. The Labute approximate surface area is 149 Å². The van der Waals surface area contributed by atoms with Gasteiger partial charge in [0.2, 0.25) is 0 Å². The van der Waals surface area contributed by atoms with E-state index in [0.717, 1.165) is 32.5 Å². The molecule has 6 heteroatoms. The molecule has 2 heterocycles. The van der Waals surface area contributed by atoms with Crippen molar-refractivity contribution >= 4 is 6.03 Å². The van der Waals surface area contributed by atoms with Gasteiger partial charge in [-0.15, -0.1) is 0 Å². The standard InChI is InChI=1S/C19H27N5O/c1-16-13-18(7-10-24(16)14-17-5-3-2-4-6-17)22-19(25)21-9-12-23-11-8-20-15-23/h2-6,8,11,15-16,18H,7,9-10,12-14H2,1H3,(H2,21,22,25). The molecule has 25 heavy (non-hydrogen) atoms. The fourth-order valence-corrected chi connectivity index (χ4v) is 3.36. The van der Waals surface area contributed by atoms with Crippen LogP contribution in [0, 0.1) is 0 Å². The maximum Gasteiger partial charge on any atom is 0.315 e. The lowest BCUT2D eigenvalue weighted by Gasteiger charge is -2.38. The topological polar surface area (TPSA) is 62.2 Å². The second kappa shape index (κ2) is 8.67. The Balaban J connectivity index is 1.38. The summed E-state index contributed by atoms with van der Waals surface area (Å²) in [5.74, 6) is 0. The zero-order valence-corrected chi connectivity index (χ0v) is 14.8. The van der Waals surface area contributed by atoms with E-state index < -0.39 is 0 Å². The quantitative estimate of drug-likeness (QED) is 0.847. The summed E-state index contributed by atoms with van der Waals surface area (Å²) in [7, 11) is 0. The number of nitrogens with zero attached hydrogens (tertiary/aromatic N) is 3. The molecular formula is C19H27N5O. The van der Waals surface area contributed by atoms with Gasteiger partial charge in [-0.1, -0.05) is 30.3 Å². The highest BCUT2D eigenvalue weighted by atomic mass is 16.2. The molecule has 2 aromatic rings. The lowest BCUT2D eigenvalue weighted by molar-refractivity contribution is 0.130. The molecule has 134 valence electrons. The maximum atomic E-state index is 12.1. The third-order valence-electron chi connectivity index (χ3n) is 4.79. The number of hydrogen-bond donors (Lipinski definition) is 2. The van der Waals surface area contributed by atoms with Crippen LogP contribution in [0.5, 0.6) is 0 Å². The smallest absolute Gasteiger partial charge is 0.315 e. The first kappa shape index (κ1) is 17.5. The van der Waals surface area contributed by atoms with Gasteiger partial charge in [-0.25, -0.2) is 9.78 Å².